The lowest BCUT2D eigenvalue weighted by Crippen LogP contribution is -2.36. The van der Waals surface area contributed by atoms with Gasteiger partial charge in [0, 0.05) is 4.90 Å². The lowest BCUT2D eigenvalue weighted by molar-refractivity contribution is -0.140. The largest absolute Gasteiger partial charge is 0.480 e. The van der Waals surface area contributed by atoms with Crippen LogP contribution in [0.2, 0.25) is 0 Å². The third kappa shape index (κ3) is 5.49. The van der Waals surface area contributed by atoms with Crippen LogP contribution in [0, 0.1) is 6.92 Å². The number of carboxylic acid groups (broad SMARTS) is 3. The molecule has 1 aromatic heterocycles. The molecule has 0 saturated carbocycles. The topological polar surface area (TPSA) is 157 Å². The Balaban J connectivity index is 1.84. The van der Waals surface area contributed by atoms with E-state index in [1.54, 1.807) is 11.0 Å². The number of carbonyl (C=O) groups is 4. The van der Waals surface area contributed by atoms with Gasteiger partial charge in [-0.05, 0) is 36.8 Å². The third-order valence-corrected chi connectivity index (χ3v) is 8.94. The summed E-state index contributed by atoms with van der Waals surface area (Å²) in [5.74, 6) is -4.36. The van der Waals surface area contributed by atoms with Gasteiger partial charge in [-0.15, -0.1) is 11.3 Å². The Hall–Kier alpha value is -3.40. The zero-order valence-electron chi connectivity index (χ0n) is 18.9. The highest BCUT2D eigenvalue weighted by atomic mass is 32.2. The minimum Gasteiger partial charge on any atom is -0.480 e. The summed E-state index contributed by atoms with van der Waals surface area (Å²) in [6, 6.07) is 5.64. The molecule has 2 aromatic rings. The van der Waals surface area contributed by atoms with Crippen molar-refractivity contribution in [1.29, 1.82) is 0 Å². The van der Waals surface area contributed by atoms with Crippen LogP contribution in [0.1, 0.15) is 5.56 Å². The van der Waals surface area contributed by atoms with E-state index in [1.165, 1.54) is 17.8 Å². The van der Waals surface area contributed by atoms with Gasteiger partial charge in [0.25, 0.3) is 11.5 Å². The number of benzene rings is 1. The summed E-state index contributed by atoms with van der Waals surface area (Å²) in [4.78, 5) is 63.3. The number of anilines is 1. The van der Waals surface area contributed by atoms with Crippen molar-refractivity contribution in [3.8, 4) is 0 Å². The van der Waals surface area contributed by atoms with Crippen LogP contribution in [-0.4, -0.2) is 66.0 Å². The number of fused-ring (bicyclic) bond motifs is 1. The molecule has 0 aliphatic carbocycles. The van der Waals surface area contributed by atoms with E-state index >= 15 is 0 Å². The molecule has 11 nitrogen and oxygen atoms in total. The number of hydrogen-bond acceptors (Lipinski definition) is 10. The summed E-state index contributed by atoms with van der Waals surface area (Å²) in [5, 5.41) is 28.4. The van der Waals surface area contributed by atoms with E-state index in [1.807, 2.05) is 25.1 Å². The molecule has 3 heterocycles. The van der Waals surface area contributed by atoms with Crippen molar-refractivity contribution in [2.75, 3.05) is 18.0 Å². The molecular formula is C22H17N3O8S4. The van der Waals surface area contributed by atoms with E-state index in [4.69, 9.17) is 17.3 Å². The van der Waals surface area contributed by atoms with Crippen molar-refractivity contribution in [3.63, 3.8) is 0 Å². The predicted molar refractivity (Wildman–Crippen MR) is 143 cm³/mol. The maximum absolute atomic E-state index is 13.1. The van der Waals surface area contributed by atoms with Crippen molar-refractivity contribution >= 4 is 91.9 Å². The number of allylic oxidation sites excluding steroid dienone is 1. The minimum absolute atomic E-state index is 0.0162. The number of thioether (sulfide) groups is 2. The molecule has 0 bridgehead atoms. The van der Waals surface area contributed by atoms with Crippen molar-refractivity contribution < 1.29 is 34.5 Å². The third-order valence-electron chi connectivity index (χ3n) is 5.09. The lowest BCUT2D eigenvalue weighted by atomic mass is 10.2. The normalized spacial score (nSPS) is 18.2. The van der Waals surface area contributed by atoms with E-state index in [-0.39, 0.29) is 25.0 Å². The van der Waals surface area contributed by atoms with Crippen LogP contribution in [0.3, 0.4) is 0 Å². The average molecular weight is 580 g/mol. The summed E-state index contributed by atoms with van der Waals surface area (Å²) in [6.45, 7) is 0.203. The van der Waals surface area contributed by atoms with E-state index in [0.717, 1.165) is 48.7 Å². The fraction of sp³-hybridized carbons (Fsp3) is 0.182. The van der Waals surface area contributed by atoms with E-state index in [9.17, 15) is 34.2 Å². The number of aromatic nitrogens is 1. The summed E-state index contributed by atoms with van der Waals surface area (Å²) < 4.78 is 1.06. The molecule has 192 valence electrons. The van der Waals surface area contributed by atoms with Crippen molar-refractivity contribution in [2.24, 2.45) is 0 Å². The van der Waals surface area contributed by atoms with Gasteiger partial charge in [-0.25, -0.2) is 0 Å². The second-order valence-electron chi connectivity index (χ2n) is 7.76. The van der Waals surface area contributed by atoms with Gasteiger partial charge in [0.15, 0.2) is 0 Å². The van der Waals surface area contributed by atoms with Gasteiger partial charge in [-0.2, -0.15) is 0 Å². The molecule has 37 heavy (non-hydrogen) atoms. The van der Waals surface area contributed by atoms with Crippen molar-refractivity contribution in [3.05, 3.63) is 54.4 Å². The van der Waals surface area contributed by atoms with Crippen LogP contribution in [0.15, 0.2) is 39.0 Å². The molecule has 0 spiro atoms. The number of thiocarbonyl (C=S) groups is 1. The second-order valence-corrected chi connectivity index (χ2v) is 11.5. The Kier molecular flexibility index (Phi) is 7.59. The Morgan fingerprint density at radius 3 is 2.24 bits per heavy atom. The first kappa shape index (κ1) is 26.7. The Morgan fingerprint density at radius 2 is 1.59 bits per heavy atom. The quantitative estimate of drug-likeness (QED) is 0.395. The van der Waals surface area contributed by atoms with E-state index in [0.29, 0.717) is 5.03 Å². The highest BCUT2D eigenvalue weighted by molar-refractivity contribution is 8.30. The number of amides is 1. The number of aliphatic carboxylic acids is 3. The highest BCUT2D eigenvalue weighted by Gasteiger charge is 2.35. The number of carbonyl (C=O) groups excluding carboxylic acids is 1. The molecule has 1 aromatic carbocycles. The number of aryl methyl sites for hydroxylation is 1. The Labute approximate surface area is 226 Å². The van der Waals surface area contributed by atoms with Crippen LogP contribution in [0.25, 0.3) is 11.0 Å². The standard InChI is InChI=1S/C22H17N3O8S4/c1-10-2-3-12-11(6-10)23(7-15(26)27)14(35-12)5-4-13-19(32)24(8-16(28)29)21(36-13)18-20(33)25(9-17(30)31)22(34)37-18/h2-6H,7-9H2,1H3,(H,26,27)(H,28,29)(H,30,31)/b13-4?,14-5?,21-18-. The maximum atomic E-state index is 13.1. The maximum Gasteiger partial charge on any atom is 0.323 e. The van der Waals surface area contributed by atoms with Crippen molar-refractivity contribution in [1.82, 2.24) is 9.47 Å². The molecule has 2 aliphatic heterocycles. The first-order chi connectivity index (χ1) is 17.5. The molecule has 0 atom stereocenters. The molecule has 2 aliphatic rings. The van der Waals surface area contributed by atoms with Crippen LogP contribution >= 0.6 is 47.1 Å². The second kappa shape index (κ2) is 10.5. The molecule has 3 N–H and O–H groups in total. The molecule has 1 amide bonds. The fourth-order valence-corrected chi connectivity index (χ4v) is 7.06. The molecule has 15 heteroatoms. The van der Waals surface area contributed by atoms with Gasteiger partial charge >= 0.3 is 17.9 Å². The number of thiazole rings is 1. The van der Waals surface area contributed by atoms with E-state index < -0.39 is 42.5 Å². The SMILES string of the molecule is Cc1ccc2c(c1)N(CC(=O)O)C(=CC=c1s/c(=C3\SC(=S)N(CC(=O)O)C3=O)n(CC(=O)O)c1=O)S2. The first-order valence-corrected chi connectivity index (χ1v) is 13.2. The molecule has 1 saturated heterocycles. The van der Waals surface area contributed by atoms with Crippen molar-refractivity contribution in [2.45, 2.75) is 18.4 Å². The molecule has 0 unspecified atom stereocenters. The molecular weight excluding hydrogens is 563 g/mol. The first-order valence-electron chi connectivity index (χ1n) is 10.4. The van der Waals surface area contributed by atoms with Gasteiger partial charge in [0.05, 0.1) is 15.2 Å². The number of hydrogen-bond donors (Lipinski definition) is 3. The van der Waals surface area contributed by atoms with Crippen LogP contribution in [-0.2, 0) is 25.7 Å². The van der Waals surface area contributed by atoms with Crippen LogP contribution < -0.4 is 19.7 Å². The van der Waals surface area contributed by atoms with Gasteiger partial charge in [-0.1, -0.05) is 41.8 Å². The lowest BCUT2D eigenvalue weighted by Gasteiger charge is -2.17. The smallest absolute Gasteiger partial charge is 0.323 e. The van der Waals surface area contributed by atoms with E-state index in [2.05, 4.69) is 0 Å². The fourth-order valence-electron chi connectivity index (χ4n) is 3.56. The zero-order chi connectivity index (χ0) is 27.0. The van der Waals surface area contributed by atoms with Crippen LogP contribution in [0.5, 0.6) is 0 Å². The molecule has 1 fully saturated rings. The Bertz CT molecular complexity index is 1590. The summed E-state index contributed by atoms with van der Waals surface area (Å²) in [5.41, 5.74) is 1.01. The monoisotopic (exact) mass is 579 g/mol. The summed E-state index contributed by atoms with van der Waals surface area (Å²) >= 11 is 8.10. The van der Waals surface area contributed by atoms with Gasteiger partial charge in [0.2, 0.25) is 0 Å². The van der Waals surface area contributed by atoms with Gasteiger partial charge < -0.3 is 20.2 Å². The number of carboxylic acids is 3. The summed E-state index contributed by atoms with van der Waals surface area (Å²) in [7, 11) is 0. The minimum atomic E-state index is -1.31. The van der Waals surface area contributed by atoms with Gasteiger partial charge in [0.1, 0.15) is 33.5 Å². The molecule has 4 rings (SSSR count). The predicted octanol–water partition coefficient (Wildman–Crippen LogP) is 0.675. The Morgan fingerprint density at radius 1 is 0.946 bits per heavy atom. The van der Waals surface area contributed by atoms with Crippen LogP contribution in [0.4, 0.5) is 5.69 Å². The van der Waals surface area contributed by atoms with Gasteiger partial charge in [-0.3, -0.25) is 33.4 Å². The summed E-state index contributed by atoms with van der Waals surface area (Å²) in [6.07, 6.45) is 3.02. The highest BCUT2D eigenvalue weighted by Crippen LogP contribution is 2.46. The molecule has 0 radical (unpaired) electrons. The zero-order valence-corrected chi connectivity index (χ0v) is 22.1. The average Bonchev–Trinajstić information content (AvgIpc) is 3.39. The number of rotatable bonds is 7. The number of nitrogens with zero attached hydrogens (tertiary/aromatic N) is 3.